The molecule has 0 radical (unpaired) electrons. The van der Waals surface area contributed by atoms with Crippen LogP contribution in [0.1, 0.15) is 43.5 Å². The lowest BCUT2D eigenvalue weighted by Crippen LogP contribution is -2.48. The molecule has 27 heavy (non-hydrogen) atoms. The fraction of sp³-hybridized carbons (Fsp3) is 0.706. The number of amides is 2. The Kier molecular flexibility index (Phi) is 5.61. The number of alkyl carbamates (subject to hydrolysis) is 1. The van der Waals surface area contributed by atoms with Gasteiger partial charge in [0.25, 0.3) is 0 Å². The molecule has 1 aliphatic carbocycles. The molecule has 1 saturated heterocycles. The van der Waals surface area contributed by atoms with Crippen LogP contribution in [0.5, 0.6) is 0 Å². The molecule has 2 heterocycles. The molecule has 0 aromatic carbocycles. The first-order valence-electron chi connectivity index (χ1n) is 9.08. The third-order valence-corrected chi connectivity index (χ3v) is 4.81. The van der Waals surface area contributed by atoms with Gasteiger partial charge in [0, 0.05) is 18.3 Å². The SMILES string of the molecule is Cc1cc(C(F)(F)F)nn1CC(=O)N1CCCCC1COC(=O)NC1CC1. The highest BCUT2D eigenvalue weighted by atomic mass is 19.4. The summed E-state index contributed by atoms with van der Waals surface area (Å²) in [5.41, 5.74) is -0.743. The minimum Gasteiger partial charge on any atom is -0.447 e. The van der Waals surface area contributed by atoms with E-state index in [0.29, 0.717) is 13.0 Å². The topological polar surface area (TPSA) is 76.5 Å². The number of ether oxygens (including phenoxy) is 1. The van der Waals surface area contributed by atoms with Crippen LogP contribution in [0.3, 0.4) is 0 Å². The molecule has 1 saturated carbocycles. The van der Waals surface area contributed by atoms with E-state index in [-0.39, 0.29) is 36.8 Å². The summed E-state index contributed by atoms with van der Waals surface area (Å²) < 4.78 is 44.6. The molecule has 10 heteroatoms. The van der Waals surface area contributed by atoms with Crippen LogP contribution < -0.4 is 5.32 Å². The summed E-state index contributed by atoms with van der Waals surface area (Å²) in [5.74, 6) is -0.328. The van der Waals surface area contributed by atoms with Gasteiger partial charge in [0.2, 0.25) is 5.91 Å². The monoisotopic (exact) mass is 388 g/mol. The van der Waals surface area contributed by atoms with E-state index in [4.69, 9.17) is 4.74 Å². The van der Waals surface area contributed by atoms with Crippen LogP contribution in [0.2, 0.25) is 0 Å². The molecule has 0 spiro atoms. The van der Waals surface area contributed by atoms with Crippen LogP contribution in [0.4, 0.5) is 18.0 Å². The fourth-order valence-electron chi connectivity index (χ4n) is 3.14. The zero-order chi connectivity index (χ0) is 19.6. The van der Waals surface area contributed by atoms with Crippen molar-refractivity contribution >= 4 is 12.0 Å². The number of hydrogen-bond acceptors (Lipinski definition) is 4. The van der Waals surface area contributed by atoms with Crippen LogP contribution in [0, 0.1) is 6.92 Å². The maximum absolute atomic E-state index is 12.8. The van der Waals surface area contributed by atoms with Crippen LogP contribution in [0.25, 0.3) is 0 Å². The first-order chi connectivity index (χ1) is 12.7. The lowest BCUT2D eigenvalue weighted by molar-refractivity contribution is -0.142. The van der Waals surface area contributed by atoms with Crippen LogP contribution in [0.15, 0.2) is 6.07 Å². The summed E-state index contributed by atoms with van der Waals surface area (Å²) in [6, 6.07) is 0.841. The molecule has 2 aliphatic rings. The molecule has 3 rings (SSSR count). The standard InChI is InChI=1S/C17H23F3N4O3/c1-11-8-14(17(18,19)20)22-24(11)9-15(25)23-7-3-2-4-13(23)10-27-16(26)21-12-5-6-12/h8,12-13H,2-7,9-10H2,1H3,(H,21,26). The molecule has 7 nitrogen and oxygen atoms in total. The van der Waals surface area contributed by atoms with Gasteiger partial charge in [0.15, 0.2) is 5.69 Å². The van der Waals surface area contributed by atoms with Gasteiger partial charge in [-0.25, -0.2) is 4.79 Å². The average Bonchev–Trinajstić information content (AvgIpc) is 3.34. The summed E-state index contributed by atoms with van der Waals surface area (Å²) in [6.45, 7) is 1.78. The third-order valence-electron chi connectivity index (χ3n) is 4.81. The maximum atomic E-state index is 12.8. The van der Waals surface area contributed by atoms with Gasteiger partial charge in [-0.3, -0.25) is 9.48 Å². The smallest absolute Gasteiger partial charge is 0.435 e. The van der Waals surface area contributed by atoms with Crippen molar-refractivity contribution in [3.8, 4) is 0 Å². The zero-order valence-corrected chi connectivity index (χ0v) is 15.1. The predicted octanol–water partition coefficient (Wildman–Crippen LogP) is 2.48. The number of carbonyl (C=O) groups excluding carboxylic acids is 2. The Morgan fingerprint density at radius 1 is 1.30 bits per heavy atom. The van der Waals surface area contributed by atoms with E-state index in [9.17, 15) is 22.8 Å². The third kappa shape index (κ3) is 5.14. The first-order valence-corrected chi connectivity index (χ1v) is 9.08. The summed E-state index contributed by atoms with van der Waals surface area (Å²) in [7, 11) is 0. The molecular weight excluding hydrogens is 365 g/mol. The molecule has 150 valence electrons. The highest BCUT2D eigenvalue weighted by Crippen LogP contribution is 2.28. The van der Waals surface area contributed by atoms with Gasteiger partial charge in [-0.1, -0.05) is 0 Å². The van der Waals surface area contributed by atoms with Gasteiger partial charge >= 0.3 is 12.3 Å². The Morgan fingerprint density at radius 3 is 2.67 bits per heavy atom. The van der Waals surface area contributed by atoms with Crippen molar-refractivity contribution in [2.24, 2.45) is 0 Å². The van der Waals surface area contributed by atoms with Crippen molar-refractivity contribution in [3.63, 3.8) is 0 Å². The Bertz CT molecular complexity index is 700. The van der Waals surface area contributed by atoms with Gasteiger partial charge in [0.1, 0.15) is 13.2 Å². The first kappa shape index (κ1) is 19.5. The molecule has 1 unspecified atom stereocenters. The minimum absolute atomic E-state index is 0.0795. The second kappa shape index (κ2) is 7.77. The molecule has 1 atom stereocenters. The van der Waals surface area contributed by atoms with Crippen molar-refractivity contribution in [3.05, 3.63) is 17.5 Å². The van der Waals surface area contributed by atoms with E-state index < -0.39 is 18.0 Å². The van der Waals surface area contributed by atoms with Gasteiger partial charge < -0.3 is 15.0 Å². The van der Waals surface area contributed by atoms with E-state index in [1.54, 1.807) is 4.90 Å². The molecule has 2 fully saturated rings. The minimum atomic E-state index is -4.55. The Balaban J connectivity index is 1.59. The number of hydrogen-bond donors (Lipinski definition) is 1. The van der Waals surface area contributed by atoms with Gasteiger partial charge in [-0.2, -0.15) is 18.3 Å². The highest BCUT2D eigenvalue weighted by Gasteiger charge is 2.35. The van der Waals surface area contributed by atoms with Crippen molar-refractivity contribution in [2.45, 2.75) is 63.8 Å². The predicted molar refractivity (Wildman–Crippen MR) is 88.8 cm³/mol. The van der Waals surface area contributed by atoms with Crippen molar-refractivity contribution in [1.82, 2.24) is 20.0 Å². The number of nitrogens with one attached hydrogen (secondary N) is 1. The lowest BCUT2D eigenvalue weighted by atomic mass is 10.0. The van der Waals surface area contributed by atoms with E-state index >= 15 is 0 Å². The van der Waals surface area contributed by atoms with E-state index in [2.05, 4.69) is 10.4 Å². The van der Waals surface area contributed by atoms with Crippen LogP contribution in [-0.4, -0.2) is 51.9 Å². The summed E-state index contributed by atoms with van der Waals surface area (Å²) in [5, 5.41) is 6.22. The normalized spacial score (nSPS) is 20.4. The Morgan fingerprint density at radius 2 is 2.04 bits per heavy atom. The summed E-state index contributed by atoms with van der Waals surface area (Å²) >= 11 is 0. The summed E-state index contributed by atoms with van der Waals surface area (Å²) in [4.78, 5) is 25.9. The van der Waals surface area contributed by atoms with E-state index in [1.165, 1.54) is 6.92 Å². The number of likely N-dealkylation sites (tertiary alicyclic amines) is 1. The number of carbonyl (C=O) groups is 2. The largest absolute Gasteiger partial charge is 0.447 e. The number of rotatable bonds is 5. The lowest BCUT2D eigenvalue weighted by Gasteiger charge is -2.35. The van der Waals surface area contributed by atoms with Gasteiger partial charge in [-0.05, 0) is 45.1 Å². The quantitative estimate of drug-likeness (QED) is 0.841. The number of piperidine rings is 1. The molecule has 1 aromatic rings. The number of nitrogens with zero attached hydrogens (tertiary/aromatic N) is 3. The van der Waals surface area contributed by atoms with Crippen LogP contribution >= 0.6 is 0 Å². The molecule has 2 amide bonds. The van der Waals surface area contributed by atoms with E-state index in [1.807, 2.05) is 0 Å². The van der Waals surface area contributed by atoms with Crippen molar-refractivity contribution in [2.75, 3.05) is 13.2 Å². The molecule has 1 aromatic heterocycles. The molecule has 1 N–H and O–H groups in total. The Hall–Kier alpha value is -2.26. The maximum Gasteiger partial charge on any atom is 0.435 e. The van der Waals surface area contributed by atoms with Crippen molar-refractivity contribution in [1.29, 1.82) is 0 Å². The number of aromatic nitrogens is 2. The highest BCUT2D eigenvalue weighted by molar-refractivity contribution is 5.76. The van der Waals surface area contributed by atoms with Crippen LogP contribution in [-0.2, 0) is 22.3 Å². The number of alkyl halides is 3. The van der Waals surface area contributed by atoms with E-state index in [0.717, 1.165) is 36.4 Å². The van der Waals surface area contributed by atoms with Gasteiger partial charge in [0.05, 0.1) is 6.04 Å². The fourth-order valence-corrected chi connectivity index (χ4v) is 3.14. The average molecular weight is 388 g/mol. The number of halogens is 3. The Labute approximate surface area is 154 Å². The second-order valence-electron chi connectivity index (χ2n) is 7.08. The molecule has 0 bridgehead atoms. The van der Waals surface area contributed by atoms with Gasteiger partial charge in [-0.15, -0.1) is 0 Å². The molecular formula is C17H23F3N4O3. The zero-order valence-electron chi connectivity index (χ0n) is 15.1. The molecule has 1 aliphatic heterocycles. The number of aryl methyl sites for hydroxylation is 1. The second-order valence-corrected chi connectivity index (χ2v) is 7.08. The van der Waals surface area contributed by atoms with Crippen molar-refractivity contribution < 1.29 is 27.5 Å². The summed E-state index contributed by atoms with van der Waals surface area (Å²) in [6.07, 6.45) is -0.737.